The van der Waals surface area contributed by atoms with Gasteiger partial charge in [0.15, 0.2) is 0 Å². The first-order valence-corrected chi connectivity index (χ1v) is 6.07. The van der Waals surface area contributed by atoms with Gasteiger partial charge in [-0.1, -0.05) is 18.2 Å². The van der Waals surface area contributed by atoms with Crippen molar-refractivity contribution in [2.45, 2.75) is 12.5 Å². The fraction of sp³-hybridized carbons (Fsp3) is 0.556. The minimum absolute atomic E-state index is 0. The van der Waals surface area contributed by atoms with E-state index in [4.69, 9.17) is 32.0 Å². The molecule has 0 saturated heterocycles. The van der Waals surface area contributed by atoms with Crippen molar-refractivity contribution < 1.29 is 135 Å². The van der Waals surface area contributed by atoms with Gasteiger partial charge in [0.2, 0.25) is 0 Å². The summed E-state index contributed by atoms with van der Waals surface area (Å²) in [6.45, 7) is 5.23. The van der Waals surface area contributed by atoms with Crippen molar-refractivity contribution in [3.63, 3.8) is 0 Å². The Hall–Kier alpha value is 2.50. The van der Waals surface area contributed by atoms with Gasteiger partial charge in [0.05, 0.1) is 19.8 Å². The smallest absolute Gasteiger partial charge is 0.759 e. The maximum absolute atomic E-state index is 8.52. The molecule has 100 valence electrons. The molecule has 0 aliphatic carbocycles. The summed E-state index contributed by atoms with van der Waals surface area (Å²) in [6, 6.07) is 0. The maximum Gasteiger partial charge on any atom is 1.00 e. The van der Waals surface area contributed by atoms with Gasteiger partial charge in [-0.15, -0.1) is 6.58 Å². The summed E-state index contributed by atoms with van der Waals surface area (Å²) in [6.07, 6.45) is 6.53. The van der Waals surface area contributed by atoms with E-state index in [1.54, 1.807) is 6.08 Å². The van der Waals surface area contributed by atoms with Gasteiger partial charge in [0, 0.05) is 10.4 Å². The zero-order chi connectivity index (χ0) is 13.1. The van der Waals surface area contributed by atoms with Crippen molar-refractivity contribution in [2.24, 2.45) is 0 Å². The quantitative estimate of drug-likeness (QED) is 0.125. The predicted molar refractivity (Wildman–Crippen MR) is 56.1 cm³/mol. The molecule has 7 nitrogen and oxygen atoms in total. The summed E-state index contributed by atoms with van der Waals surface area (Å²) in [7, 11) is -5.17. The van der Waals surface area contributed by atoms with Gasteiger partial charge in [0.1, 0.15) is 6.10 Å². The minimum Gasteiger partial charge on any atom is -0.759 e. The van der Waals surface area contributed by atoms with Crippen LogP contribution in [0.25, 0.3) is 0 Å². The van der Waals surface area contributed by atoms with Crippen LogP contribution in [0.4, 0.5) is 0 Å². The Labute approximate surface area is 198 Å². The maximum atomic E-state index is 8.52. The first-order chi connectivity index (χ1) is 7.93. The van der Waals surface area contributed by atoms with Crippen LogP contribution in [0.5, 0.6) is 0 Å². The first-order valence-electron chi connectivity index (χ1n) is 4.73. The Morgan fingerprint density at radius 3 is 2.53 bits per heavy atom. The van der Waals surface area contributed by atoms with E-state index in [0.29, 0.717) is 19.8 Å². The van der Waals surface area contributed by atoms with Crippen molar-refractivity contribution in [1.82, 2.24) is 0 Å². The topological polar surface area (TPSA) is 108 Å². The van der Waals surface area contributed by atoms with Gasteiger partial charge in [-0.2, -0.15) is 0 Å². The molecule has 19 heavy (non-hydrogen) atoms. The van der Waals surface area contributed by atoms with Gasteiger partial charge < -0.3 is 13.8 Å². The number of hydrogen-bond donors (Lipinski definition) is 0. The summed E-state index contributed by atoms with van der Waals surface area (Å²) in [4.78, 5) is 9.87. The van der Waals surface area contributed by atoms with Gasteiger partial charge in [-0.25, -0.2) is 9.78 Å². The molecule has 0 spiro atoms. The summed E-state index contributed by atoms with van der Waals surface area (Å²) < 4.78 is 39.3. The van der Waals surface area contributed by atoms with Gasteiger partial charge >= 0.3 is 103 Å². The predicted octanol–water partition coefficient (Wildman–Crippen LogP) is -5.86. The normalized spacial score (nSPS) is 17.9. The molecule has 1 unspecified atom stereocenters. The summed E-state index contributed by atoms with van der Waals surface area (Å²) in [5.74, 6) is 0. The van der Waals surface area contributed by atoms with Crippen molar-refractivity contribution in [1.29, 1.82) is 0 Å². The zero-order valence-corrected chi connectivity index (χ0v) is 18.2. The monoisotopic (exact) mass is 344 g/mol. The number of ether oxygens (including phenoxy) is 1. The standard InChI is InChI=1S/C9H14O3.2K.H2O4S/c1-2-6-10-8-9-5-3-4-7-11-12-9;;;1-5(2,3)4/h2-3,5,9H,1,4,6-8H2;;;(H2,1,2,3,4)/q;2*+1;/p-2. The van der Waals surface area contributed by atoms with E-state index in [1.165, 1.54) is 0 Å². The van der Waals surface area contributed by atoms with E-state index in [-0.39, 0.29) is 109 Å². The molecule has 0 fully saturated rings. The average Bonchev–Trinajstić information content (AvgIpc) is 2.44. The van der Waals surface area contributed by atoms with Crippen LogP contribution < -0.4 is 103 Å². The second-order valence-corrected chi connectivity index (χ2v) is 3.72. The second-order valence-electron chi connectivity index (χ2n) is 2.91. The molecule has 0 N–H and O–H groups in total. The summed E-state index contributed by atoms with van der Waals surface area (Å²) in [5, 5.41) is 0. The first kappa shape index (κ1) is 26.4. The Kier molecular flexibility index (Phi) is 23.4. The Morgan fingerprint density at radius 2 is 2.00 bits per heavy atom. The largest absolute Gasteiger partial charge is 1.00 e. The van der Waals surface area contributed by atoms with Crippen LogP contribution in [0, 0.1) is 0 Å². The zero-order valence-electron chi connectivity index (χ0n) is 11.1. The molecule has 1 rings (SSSR count). The number of hydrogen-bond acceptors (Lipinski definition) is 7. The van der Waals surface area contributed by atoms with E-state index in [2.05, 4.69) is 6.58 Å². The Morgan fingerprint density at radius 1 is 1.42 bits per heavy atom. The van der Waals surface area contributed by atoms with E-state index in [9.17, 15) is 0 Å². The second kappa shape index (κ2) is 16.9. The molecule has 1 aliphatic heterocycles. The van der Waals surface area contributed by atoms with Crippen LogP contribution in [-0.4, -0.2) is 43.4 Å². The van der Waals surface area contributed by atoms with E-state index >= 15 is 0 Å². The van der Waals surface area contributed by atoms with Crippen molar-refractivity contribution >= 4 is 10.4 Å². The SMILES string of the molecule is C=CCOCC1C=CCCOO1.O=S(=O)([O-])[O-].[K+].[K+]. The van der Waals surface area contributed by atoms with Crippen LogP contribution in [0.3, 0.4) is 0 Å². The molecular weight excluding hydrogens is 330 g/mol. The van der Waals surface area contributed by atoms with E-state index < -0.39 is 10.4 Å². The molecule has 0 aromatic carbocycles. The van der Waals surface area contributed by atoms with E-state index in [1.807, 2.05) is 12.2 Å². The van der Waals surface area contributed by atoms with Gasteiger partial charge in [-0.3, -0.25) is 8.42 Å². The van der Waals surface area contributed by atoms with Crippen LogP contribution in [0.1, 0.15) is 6.42 Å². The van der Waals surface area contributed by atoms with Gasteiger partial charge in [0.25, 0.3) is 0 Å². The molecule has 1 atom stereocenters. The van der Waals surface area contributed by atoms with Crippen molar-refractivity contribution in [3.05, 3.63) is 24.8 Å². The van der Waals surface area contributed by atoms with Crippen LogP contribution in [0.2, 0.25) is 0 Å². The van der Waals surface area contributed by atoms with Crippen molar-refractivity contribution in [3.8, 4) is 0 Å². The van der Waals surface area contributed by atoms with Crippen molar-refractivity contribution in [2.75, 3.05) is 19.8 Å². The van der Waals surface area contributed by atoms with Crippen LogP contribution in [0.15, 0.2) is 24.8 Å². The number of rotatable bonds is 4. The molecule has 10 heteroatoms. The minimum atomic E-state index is -5.17. The molecule has 1 aliphatic rings. The third kappa shape index (κ3) is 25.8. The molecule has 0 bridgehead atoms. The summed E-state index contributed by atoms with van der Waals surface area (Å²) >= 11 is 0. The molecule has 0 radical (unpaired) electrons. The summed E-state index contributed by atoms with van der Waals surface area (Å²) in [5.41, 5.74) is 0. The molecule has 1 heterocycles. The van der Waals surface area contributed by atoms with Crippen LogP contribution in [-0.2, 0) is 24.9 Å². The molecule has 0 aromatic rings. The molecular formula is C9H14K2O7S. The fourth-order valence-corrected chi connectivity index (χ4v) is 0.883. The van der Waals surface area contributed by atoms with E-state index in [0.717, 1.165) is 6.42 Å². The molecule has 0 saturated carbocycles. The fourth-order valence-electron chi connectivity index (χ4n) is 0.883. The van der Waals surface area contributed by atoms with Crippen LogP contribution >= 0.6 is 0 Å². The molecule has 0 amide bonds. The Balaban J connectivity index is -0.000000320. The average molecular weight is 344 g/mol. The molecule has 0 aromatic heterocycles. The third-order valence-corrected chi connectivity index (χ3v) is 1.43. The van der Waals surface area contributed by atoms with Gasteiger partial charge in [-0.05, 0) is 6.42 Å². The third-order valence-electron chi connectivity index (χ3n) is 1.43. The Bertz CT molecular complexity index is 323.